The van der Waals surface area contributed by atoms with Gasteiger partial charge in [0, 0.05) is 12.6 Å². The predicted molar refractivity (Wildman–Crippen MR) is 87.9 cm³/mol. The van der Waals surface area contributed by atoms with Gasteiger partial charge in [-0.25, -0.2) is 0 Å². The first-order valence-corrected chi connectivity index (χ1v) is 8.24. The van der Waals surface area contributed by atoms with Crippen LogP contribution in [0.5, 0.6) is 5.75 Å². The Hall–Kier alpha value is -1.85. The fourth-order valence-electron chi connectivity index (χ4n) is 2.90. The molecule has 0 aromatic heterocycles. The molecule has 0 amide bonds. The van der Waals surface area contributed by atoms with Gasteiger partial charge < -0.3 is 15.8 Å². The van der Waals surface area contributed by atoms with Gasteiger partial charge in [0.1, 0.15) is 5.75 Å². The number of para-hydroxylation sites is 1. The summed E-state index contributed by atoms with van der Waals surface area (Å²) >= 11 is 0. The van der Waals surface area contributed by atoms with Crippen molar-refractivity contribution in [2.45, 2.75) is 57.6 Å². The topological polar surface area (TPSA) is 59.6 Å². The van der Waals surface area contributed by atoms with Crippen LogP contribution in [0, 0.1) is 0 Å². The van der Waals surface area contributed by atoms with Crippen LogP contribution in [-0.2, 0) is 6.42 Å². The van der Waals surface area contributed by atoms with Crippen molar-refractivity contribution >= 4 is 5.96 Å². The number of alkyl halides is 2. The third kappa shape index (κ3) is 6.42. The molecule has 0 spiro atoms. The number of nitrogens with zero attached hydrogens (tertiary/aromatic N) is 1. The van der Waals surface area contributed by atoms with E-state index in [-0.39, 0.29) is 5.75 Å². The van der Waals surface area contributed by atoms with Gasteiger partial charge in [0.2, 0.25) is 0 Å². The maximum absolute atomic E-state index is 12.4. The lowest BCUT2D eigenvalue weighted by Crippen LogP contribution is -2.40. The number of nitrogens with one attached hydrogen (secondary N) is 1. The lowest BCUT2D eigenvalue weighted by atomic mass is 10.1. The second-order valence-electron chi connectivity index (χ2n) is 5.84. The Balaban J connectivity index is 1.83. The predicted octanol–water partition coefficient (Wildman–Crippen LogP) is 3.46. The van der Waals surface area contributed by atoms with E-state index >= 15 is 0 Å². The number of hydrogen-bond acceptors (Lipinski definition) is 2. The van der Waals surface area contributed by atoms with Gasteiger partial charge >= 0.3 is 6.61 Å². The van der Waals surface area contributed by atoms with E-state index in [0.717, 1.165) is 12.8 Å². The maximum Gasteiger partial charge on any atom is 0.387 e. The van der Waals surface area contributed by atoms with Crippen LogP contribution >= 0.6 is 0 Å². The number of halogens is 2. The Morgan fingerprint density at radius 2 is 1.91 bits per heavy atom. The molecule has 0 atom stereocenters. The molecule has 0 unspecified atom stereocenters. The average Bonchev–Trinajstić information content (AvgIpc) is 2.77. The van der Waals surface area contributed by atoms with E-state index in [0.29, 0.717) is 30.5 Å². The summed E-state index contributed by atoms with van der Waals surface area (Å²) in [6, 6.07) is 7.17. The standard InChI is InChI=1S/C17H25F2N3O/c18-16(19)23-15-10-6-5-7-13(15)11-12-21-17(20)22-14-8-3-1-2-4-9-14/h5-7,10,14,16H,1-4,8-9,11-12H2,(H3,20,21,22). The molecule has 1 aliphatic carbocycles. The quantitative estimate of drug-likeness (QED) is 0.478. The normalized spacial score (nSPS) is 17.1. The molecular formula is C17H25F2N3O. The fourth-order valence-corrected chi connectivity index (χ4v) is 2.90. The lowest BCUT2D eigenvalue weighted by molar-refractivity contribution is -0.0504. The Morgan fingerprint density at radius 3 is 2.61 bits per heavy atom. The van der Waals surface area contributed by atoms with Crippen molar-refractivity contribution in [1.29, 1.82) is 0 Å². The van der Waals surface area contributed by atoms with E-state index in [1.165, 1.54) is 25.7 Å². The molecule has 0 aliphatic heterocycles. The van der Waals surface area contributed by atoms with Crippen molar-refractivity contribution < 1.29 is 13.5 Å². The van der Waals surface area contributed by atoms with Gasteiger partial charge in [-0.3, -0.25) is 4.99 Å². The monoisotopic (exact) mass is 325 g/mol. The summed E-state index contributed by atoms with van der Waals surface area (Å²) in [7, 11) is 0. The fraction of sp³-hybridized carbons (Fsp3) is 0.588. The van der Waals surface area contributed by atoms with Crippen molar-refractivity contribution in [2.75, 3.05) is 6.54 Å². The van der Waals surface area contributed by atoms with Crippen molar-refractivity contribution in [2.24, 2.45) is 10.7 Å². The highest BCUT2D eigenvalue weighted by atomic mass is 19.3. The highest BCUT2D eigenvalue weighted by molar-refractivity contribution is 5.78. The first kappa shape index (κ1) is 17.5. The van der Waals surface area contributed by atoms with Gasteiger partial charge in [0.25, 0.3) is 0 Å². The van der Waals surface area contributed by atoms with Crippen LogP contribution in [0.1, 0.15) is 44.1 Å². The molecule has 6 heteroatoms. The Morgan fingerprint density at radius 1 is 1.22 bits per heavy atom. The average molecular weight is 325 g/mol. The van der Waals surface area contributed by atoms with E-state index in [2.05, 4.69) is 15.0 Å². The molecule has 1 aromatic rings. The molecule has 0 radical (unpaired) electrons. The zero-order valence-corrected chi connectivity index (χ0v) is 13.3. The van der Waals surface area contributed by atoms with E-state index in [4.69, 9.17) is 5.73 Å². The minimum Gasteiger partial charge on any atom is -0.435 e. The van der Waals surface area contributed by atoms with Gasteiger partial charge in [0.05, 0.1) is 0 Å². The molecule has 128 valence electrons. The van der Waals surface area contributed by atoms with Crippen molar-refractivity contribution in [3.8, 4) is 5.75 Å². The van der Waals surface area contributed by atoms with Crippen LogP contribution in [-0.4, -0.2) is 25.2 Å². The smallest absolute Gasteiger partial charge is 0.387 e. The van der Waals surface area contributed by atoms with Gasteiger partial charge in [-0.15, -0.1) is 0 Å². The number of ether oxygens (including phenoxy) is 1. The van der Waals surface area contributed by atoms with E-state index in [1.54, 1.807) is 24.3 Å². The second-order valence-corrected chi connectivity index (χ2v) is 5.84. The molecular weight excluding hydrogens is 300 g/mol. The summed E-state index contributed by atoms with van der Waals surface area (Å²) < 4.78 is 29.2. The third-order valence-corrected chi connectivity index (χ3v) is 4.06. The maximum atomic E-state index is 12.4. The number of hydrogen-bond donors (Lipinski definition) is 2. The summed E-state index contributed by atoms with van der Waals surface area (Å²) in [4.78, 5) is 4.30. The Bertz CT molecular complexity index is 500. The number of aliphatic imine (C=N–C) groups is 1. The third-order valence-electron chi connectivity index (χ3n) is 4.06. The zero-order chi connectivity index (χ0) is 16.5. The summed E-state index contributed by atoms with van der Waals surface area (Å²) in [5.74, 6) is 0.636. The first-order valence-electron chi connectivity index (χ1n) is 8.24. The molecule has 0 heterocycles. The van der Waals surface area contributed by atoms with Crippen molar-refractivity contribution in [3.05, 3.63) is 29.8 Å². The lowest BCUT2D eigenvalue weighted by Gasteiger charge is -2.16. The van der Waals surface area contributed by atoms with Crippen LogP contribution in [0.4, 0.5) is 8.78 Å². The Labute approximate surface area is 136 Å². The molecule has 23 heavy (non-hydrogen) atoms. The highest BCUT2D eigenvalue weighted by Crippen LogP contribution is 2.20. The molecule has 1 fully saturated rings. The molecule has 4 nitrogen and oxygen atoms in total. The number of benzene rings is 1. The second kappa shape index (κ2) is 9.33. The Kier molecular flexibility index (Phi) is 7.10. The van der Waals surface area contributed by atoms with Crippen molar-refractivity contribution in [3.63, 3.8) is 0 Å². The number of rotatable bonds is 6. The van der Waals surface area contributed by atoms with Crippen LogP contribution in [0.3, 0.4) is 0 Å². The molecule has 1 saturated carbocycles. The van der Waals surface area contributed by atoms with Crippen molar-refractivity contribution in [1.82, 2.24) is 5.32 Å². The summed E-state index contributed by atoms with van der Waals surface area (Å²) in [5, 5.41) is 3.27. The van der Waals surface area contributed by atoms with Gasteiger partial charge in [0.15, 0.2) is 5.96 Å². The van der Waals surface area contributed by atoms with Crippen LogP contribution in [0.25, 0.3) is 0 Å². The summed E-state index contributed by atoms with van der Waals surface area (Å²) in [5.41, 5.74) is 6.63. The number of nitrogens with two attached hydrogens (primary N) is 1. The molecule has 1 aliphatic rings. The van der Waals surface area contributed by atoms with Gasteiger partial charge in [-0.05, 0) is 30.9 Å². The summed E-state index contributed by atoms with van der Waals surface area (Å²) in [6.07, 6.45) is 7.79. The minimum atomic E-state index is -2.82. The van der Waals surface area contributed by atoms with Crippen LogP contribution in [0.15, 0.2) is 29.3 Å². The van der Waals surface area contributed by atoms with Gasteiger partial charge in [-0.1, -0.05) is 43.9 Å². The van der Waals surface area contributed by atoms with Gasteiger partial charge in [-0.2, -0.15) is 8.78 Å². The van der Waals surface area contributed by atoms with Crippen LogP contribution < -0.4 is 15.8 Å². The highest BCUT2D eigenvalue weighted by Gasteiger charge is 2.12. The molecule has 1 aromatic carbocycles. The molecule has 2 rings (SSSR count). The largest absolute Gasteiger partial charge is 0.435 e. The van der Waals surface area contributed by atoms with Crippen LogP contribution in [0.2, 0.25) is 0 Å². The zero-order valence-electron chi connectivity index (χ0n) is 13.3. The molecule has 0 bridgehead atoms. The van der Waals surface area contributed by atoms with E-state index < -0.39 is 6.61 Å². The number of guanidine groups is 1. The molecule has 3 N–H and O–H groups in total. The summed E-state index contributed by atoms with van der Waals surface area (Å²) in [6.45, 7) is -2.38. The minimum absolute atomic E-state index is 0.202. The SMILES string of the molecule is NC(=NCCc1ccccc1OC(F)F)NC1CCCCCC1. The van der Waals surface area contributed by atoms with E-state index in [1.807, 2.05) is 0 Å². The first-order chi connectivity index (χ1) is 11.1. The molecule has 0 saturated heterocycles. The van der Waals surface area contributed by atoms with E-state index in [9.17, 15) is 8.78 Å².